The molecule has 0 saturated heterocycles. The highest BCUT2D eigenvalue weighted by atomic mass is 79.9. The number of nitriles is 1. The van der Waals surface area contributed by atoms with E-state index in [0.717, 1.165) is 0 Å². The van der Waals surface area contributed by atoms with Gasteiger partial charge in [-0.25, -0.2) is 0 Å². The zero-order chi connectivity index (χ0) is 18.4. The molecule has 0 bridgehead atoms. The van der Waals surface area contributed by atoms with Gasteiger partial charge in [0.2, 0.25) is 0 Å². The van der Waals surface area contributed by atoms with Crippen molar-refractivity contribution in [2.45, 2.75) is 6.92 Å². The minimum Gasteiger partial charge on any atom is -0.505 e. The SMILES string of the molecule is CCOc1cccc(NC(=O)/C(C#N)=C\c2cc(Cl)c(O)c(Br)c2)c1. The van der Waals surface area contributed by atoms with Crippen molar-refractivity contribution in [2.24, 2.45) is 0 Å². The number of rotatable bonds is 5. The largest absolute Gasteiger partial charge is 0.505 e. The first-order valence-corrected chi connectivity index (χ1v) is 8.45. The smallest absolute Gasteiger partial charge is 0.266 e. The van der Waals surface area contributed by atoms with Crippen molar-refractivity contribution in [2.75, 3.05) is 11.9 Å². The Morgan fingerprint density at radius 3 is 2.84 bits per heavy atom. The Kier molecular flexibility index (Phi) is 6.45. The maximum atomic E-state index is 12.3. The average Bonchev–Trinajstić information content (AvgIpc) is 2.58. The molecular formula is C18H14BrClN2O3. The molecule has 1 amide bonds. The third-order valence-electron chi connectivity index (χ3n) is 3.12. The van der Waals surface area contributed by atoms with Gasteiger partial charge in [0.05, 0.1) is 16.1 Å². The van der Waals surface area contributed by atoms with Crippen molar-refractivity contribution in [3.8, 4) is 17.6 Å². The maximum Gasteiger partial charge on any atom is 0.266 e. The van der Waals surface area contributed by atoms with Crippen LogP contribution in [0, 0.1) is 11.3 Å². The van der Waals surface area contributed by atoms with Crippen LogP contribution in [-0.2, 0) is 4.79 Å². The molecule has 128 valence electrons. The van der Waals surface area contributed by atoms with Crippen LogP contribution in [0.1, 0.15) is 12.5 Å². The summed E-state index contributed by atoms with van der Waals surface area (Å²) < 4.78 is 5.74. The quantitative estimate of drug-likeness (QED) is 0.539. The first-order chi connectivity index (χ1) is 11.9. The van der Waals surface area contributed by atoms with Crippen LogP contribution in [0.25, 0.3) is 6.08 Å². The molecule has 0 aliphatic carbocycles. The number of phenols is 1. The summed E-state index contributed by atoms with van der Waals surface area (Å²) in [5.74, 6) is -0.0389. The Labute approximate surface area is 158 Å². The second-order valence-corrected chi connectivity index (χ2v) is 6.18. The lowest BCUT2D eigenvalue weighted by molar-refractivity contribution is -0.112. The van der Waals surface area contributed by atoms with Gasteiger partial charge >= 0.3 is 0 Å². The monoisotopic (exact) mass is 420 g/mol. The molecule has 0 fully saturated rings. The number of halogens is 2. The van der Waals surface area contributed by atoms with E-state index in [1.165, 1.54) is 12.1 Å². The molecule has 0 saturated carbocycles. The number of aromatic hydroxyl groups is 1. The number of hydrogen-bond acceptors (Lipinski definition) is 4. The number of nitrogens with zero attached hydrogens (tertiary/aromatic N) is 1. The lowest BCUT2D eigenvalue weighted by Crippen LogP contribution is -2.13. The van der Waals surface area contributed by atoms with Crippen LogP contribution in [-0.4, -0.2) is 17.6 Å². The fourth-order valence-electron chi connectivity index (χ4n) is 2.01. The van der Waals surface area contributed by atoms with E-state index in [9.17, 15) is 15.2 Å². The van der Waals surface area contributed by atoms with Gasteiger partial charge in [-0.1, -0.05) is 17.7 Å². The zero-order valence-electron chi connectivity index (χ0n) is 13.2. The predicted octanol–water partition coefficient (Wildman–Crippen LogP) is 4.75. The van der Waals surface area contributed by atoms with E-state index in [0.29, 0.717) is 28.1 Å². The Morgan fingerprint density at radius 1 is 1.44 bits per heavy atom. The Hall–Kier alpha value is -2.49. The van der Waals surface area contributed by atoms with Gasteiger partial charge in [-0.2, -0.15) is 5.26 Å². The Bertz CT molecular complexity index is 852. The fraction of sp³-hybridized carbons (Fsp3) is 0.111. The molecule has 2 aromatic rings. The van der Waals surface area contributed by atoms with Crippen LogP contribution in [0.3, 0.4) is 0 Å². The van der Waals surface area contributed by atoms with E-state index in [2.05, 4.69) is 21.2 Å². The van der Waals surface area contributed by atoms with Gasteiger partial charge < -0.3 is 15.2 Å². The van der Waals surface area contributed by atoms with Gasteiger partial charge in [0.15, 0.2) is 0 Å². The molecule has 2 rings (SSSR count). The number of phenolic OH excluding ortho intramolecular Hbond substituents is 1. The first-order valence-electron chi connectivity index (χ1n) is 7.28. The molecule has 0 radical (unpaired) electrons. The second kappa shape index (κ2) is 8.56. The van der Waals surface area contributed by atoms with Gasteiger partial charge in [0, 0.05) is 11.8 Å². The minimum atomic E-state index is -0.559. The number of carbonyl (C=O) groups is 1. The summed E-state index contributed by atoms with van der Waals surface area (Å²) in [6.07, 6.45) is 1.39. The van der Waals surface area contributed by atoms with Gasteiger partial charge in [-0.15, -0.1) is 0 Å². The second-order valence-electron chi connectivity index (χ2n) is 4.92. The van der Waals surface area contributed by atoms with Crippen LogP contribution >= 0.6 is 27.5 Å². The topological polar surface area (TPSA) is 82.3 Å². The summed E-state index contributed by atoms with van der Waals surface area (Å²) in [6.45, 7) is 2.37. The summed E-state index contributed by atoms with van der Waals surface area (Å²) in [6, 6.07) is 11.8. The molecule has 2 aromatic carbocycles. The number of ether oxygens (including phenoxy) is 1. The molecule has 0 aliphatic rings. The Morgan fingerprint density at radius 2 is 2.20 bits per heavy atom. The molecule has 0 atom stereocenters. The molecular weight excluding hydrogens is 408 g/mol. The van der Waals surface area contributed by atoms with Crippen molar-refractivity contribution in [3.05, 3.63) is 57.0 Å². The molecule has 0 aromatic heterocycles. The van der Waals surface area contributed by atoms with Crippen molar-refractivity contribution >= 4 is 45.2 Å². The summed E-state index contributed by atoms with van der Waals surface area (Å²) in [7, 11) is 0. The number of amides is 1. The molecule has 7 heteroatoms. The highest BCUT2D eigenvalue weighted by Crippen LogP contribution is 2.33. The first kappa shape index (κ1) is 18.8. The van der Waals surface area contributed by atoms with Crippen molar-refractivity contribution < 1.29 is 14.6 Å². The summed E-state index contributed by atoms with van der Waals surface area (Å²) in [4.78, 5) is 12.3. The number of benzene rings is 2. The standard InChI is InChI=1S/C18H14BrClN2O3/c1-2-25-14-5-3-4-13(9-14)22-18(24)12(10-21)6-11-7-15(19)17(23)16(20)8-11/h3-9,23H,2H2,1H3,(H,22,24)/b12-6-. The average molecular weight is 422 g/mol. The molecule has 0 heterocycles. The van der Waals surface area contributed by atoms with E-state index >= 15 is 0 Å². The fourth-order valence-corrected chi connectivity index (χ4v) is 2.83. The van der Waals surface area contributed by atoms with E-state index in [1.807, 2.05) is 13.0 Å². The molecule has 0 unspecified atom stereocenters. The molecule has 25 heavy (non-hydrogen) atoms. The number of anilines is 1. The van der Waals surface area contributed by atoms with E-state index in [-0.39, 0.29) is 16.3 Å². The van der Waals surface area contributed by atoms with Crippen LogP contribution in [0.15, 0.2) is 46.4 Å². The molecule has 0 aliphatic heterocycles. The summed E-state index contributed by atoms with van der Waals surface area (Å²) in [5.41, 5.74) is 0.918. The lowest BCUT2D eigenvalue weighted by Gasteiger charge is -2.08. The maximum absolute atomic E-state index is 12.3. The zero-order valence-corrected chi connectivity index (χ0v) is 15.6. The van der Waals surface area contributed by atoms with Crippen LogP contribution < -0.4 is 10.1 Å². The Balaban J connectivity index is 2.24. The van der Waals surface area contributed by atoms with E-state index in [4.69, 9.17) is 16.3 Å². The normalized spacial score (nSPS) is 10.9. The predicted molar refractivity (Wildman–Crippen MR) is 101 cm³/mol. The van der Waals surface area contributed by atoms with Gasteiger partial charge in [-0.3, -0.25) is 4.79 Å². The summed E-state index contributed by atoms with van der Waals surface area (Å²) >= 11 is 9.06. The number of nitrogens with one attached hydrogen (secondary N) is 1. The highest BCUT2D eigenvalue weighted by molar-refractivity contribution is 9.10. The number of carbonyl (C=O) groups excluding carboxylic acids is 1. The summed E-state index contributed by atoms with van der Waals surface area (Å²) in [5, 5.41) is 21.7. The third kappa shape index (κ3) is 4.99. The van der Waals surface area contributed by atoms with Crippen LogP contribution in [0.2, 0.25) is 5.02 Å². The number of hydrogen-bond donors (Lipinski definition) is 2. The molecule has 2 N–H and O–H groups in total. The third-order valence-corrected chi connectivity index (χ3v) is 4.01. The van der Waals surface area contributed by atoms with Crippen molar-refractivity contribution in [1.29, 1.82) is 5.26 Å². The van der Waals surface area contributed by atoms with Crippen molar-refractivity contribution in [1.82, 2.24) is 0 Å². The van der Waals surface area contributed by atoms with Gasteiger partial charge in [0.1, 0.15) is 23.1 Å². The molecule has 0 spiro atoms. The molecule has 5 nitrogen and oxygen atoms in total. The lowest BCUT2D eigenvalue weighted by atomic mass is 10.1. The minimum absolute atomic E-state index is 0.101. The van der Waals surface area contributed by atoms with Gasteiger partial charge in [0.25, 0.3) is 5.91 Å². The van der Waals surface area contributed by atoms with E-state index < -0.39 is 5.91 Å². The highest BCUT2D eigenvalue weighted by Gasteiger charge is 2.12. The van der Waals surface area contributed by atoms with Crippen LogP contribution in [0.4, 0.5) is 5.69 Å². The van der Waals surface area contributed by atoms with Crippen molar-refractivity contribution in [3.63, 3.8) is 0 Å². The van der Waals surface area contributed by atoms with E-state index in [1.54, 1.807) is 30.3 Å². The van der Waals surface area contributed by atoms with Gasteiger partial charge in [-0.05, 0) is 58.8 Å². The van der Waals surface area contributed by atoms with Crippen LogP contribution in [0.5, 0.6) is 11.5 Å².